The molecule has 2 N–H and O–H groups in total. The summed E-state index contributed by atoms with van der Waals surface area (Å²) in [5, 5.41) is 23.6. The van der Waals surface area contributed by atoms with Gasteiger partial charge in [0.1, 0.15) is 6.10 Å². The molecular formula is C23H32O6. The lowest BCUT2D eigenvalue weighted by atomic mass is 9.35. The molecular weight excluding hydrogens is 372 g/mol. The summed E-state index contributed by atoms with van der Waals surface area (Å²) in [5.74, 6) is -3.39. The van der Waals surface area contributed by atoms with Crippen LogP contribution in [0, 0.1) is 34.0 Å². The second-order valence-electron chi connectivity index (χ2n) is 11.7. The first kappa shape index (κ1) is 18.9. The van der Waals surface area contributed by atoms with Gasteiger partial charge in [0, 0.05) is 17.3 Å². The van der Waals surface area contributed by atoms with Crippen LogP contribution >= 0.6 is 0 Å². The summed E-state index contributed by atoms with van der Waals surface area (Å²) in [6, 6.07) is 0. The smallest absolute Gasteiger partial charge is 0.205 e. The van der Waals surface area contributed by atoms with Crippen LogP contribution in [0.3, 0.4) is 0 Å². The fraction of sp³-hybridized carbons (Fsp3) is 0.870. The molecule has 0 aromatic carbocycles. The Labute approximate surface area is 171 Å². The minimum absolute atomic E-state index is 0.0540. The predicted molar refractivity (Wildman–Crippen MR) is 102 cm³/mol. The monoisotopic (exact) mass is 404 g/mol. The van der Waals surface area contributed by atoms with E-state index < -0.39 is 28.5 Å². The summed E-state index contributed by atoms with van der Waals surface area (Å²) in [6.45, 7) is 12.6. The number of aliphatic hydroxyl groups is 2. The lowest BCUT2D eigenvalue weighted by Gasteiger charge is -2.74. The third-order valence-electron chi connectivity index (χ3n) is 9.59. The number of fused-ring (bicyclic) bond motifs is 2. The molecule has 4 saturated carbocycles. The van der Waals surface area contributed by atoms with Crippen molar-refractivity contribution in [2.24, 2.45) is 34.0 Å². The molecule has 3 heterocycles. The van der Waals surface area contributed by atoms with Gasteiger partial charge in [0.2, 0.25) is 5.79 Å². The van der Waals surface area contributed by atoms with Gasteiger partial charge in [-0.1, -0.05) is 20.4 Å². The highest BCUT2D eigenvalue weighted by molar-refractivity contribution is 6.04. The van der Waals surface area contributed by atoms with Crippen LogP contribution in [0.4, 0.5) is 0 Å². The molecule has 0 amide bonds. The number of ketones is 1. The number of hydrogen-bond donors (Lipinski definition) is 2. The number of ether oxygens (including phenoxy) is 3. The number of carbonyl (C=O) groups excluding carboxylic acids is 1. The Bertz CT molecular complexity index is 833. The van der Waals surface area contributed by atoms with Crippen molar-refractivity contribution < 1.29 is 29.2 Å². The zero-order valence-electron chi connectivity index (χ0n) is 17.7. The number of aliphatic hydroxyl groups excluding tert-OH is 1. The lowest BCUT2D eigenvalue weighted by Crippen LogP contribution is -2.84. The van der Waals surface area contributed by atoms with Crippen molar-refractivity contribution in [1.82, 2.24) is 0 Å². The SMILES string of the molecule is C=C1C(=O)[C@@]23C[C@H]1C[C@@H]1OC(C)(C)O[C@H]4CCC(C)(C)[C@H]5[C@H](O)[C@@]2(O)OC[C@@]45[C@H]13. The Morgan fingerprint density at radius 2 is 1.86 bits per heavy atom. The van der Waals surface area contributed by atoms with E-state index >= 15 is 0 Å². The van der Waals surface area contributed by atoms with Crippen molar-refractivity contribution in [3.8, 4) is 0 Å². The van der Waals surface area contributed by atoms with Gasteiger partial charge in [0.05, 0.1) is 24.2 Å². The van der Waals surface area contributed by atoms with Crippen LogP contribution in [0.1, 0.15) is 53.4 Å². The zero-order valence-corrected chi connectivity index (χ0v) is 17.7. The molecule has 29 heavy (non-hydrogen) atoms. The molecule has 6 heteroatoms. The van der Waals surface area contributed by atoms with Crippen LogP contribution in [0.15, 0.2) is 12.2 Å². The molecule has 3 aliphatic heterocycles. The molecule has 0 radical (unpaired) electrons. The molecule has 0 unspecified atom stereocenters. The number of Topliss-reactive ketones (excluding diaryl/α,β-unsaturated/α-hetero) is 1. The normalized spacial score (nSPS) is 58.7. The van der Waals surface area contributed by atoms with Crippen LogP contribution in [-0.4, -0.2) is 52.5 Å². The van der Waals surface area contributed by atoms with Crippen LogP contribution in [-0.2, 0) is 19.0 Å². The van der Waals surface area contributed by atoms with Crippen LogP contribution in [0.25, 0.3) is 0 Å². The maximum absolute atomic E-state index is 13.7. The van der Waals surface area contributed by atoms with Gasteiger partial charge in [-0.15, -0.1) is 0 Å². The second-order valence-corrected chi connectivity index (χ2v) is 11.7. The number of allylic oxidation sites excluding steroid dienone is 1. The van der Waals surface area contributed by atoms with E-state index in [0.29, 0.717) is 18.4 Å². The topological polar surface area (TPSA) is 85.2 Å². The zero-order chi connectivity index (χ0) is 20.8. The van der Waals surface area contributed by atoms with Crippen molar-refractivity contribution in [2.75, 3.05) is 6.61 Å². The van der Waals surface area contributed by atoms with Crippen LogP contribution < -0.4 is 0 Å². The Morgan fingerprint density at radius 3 is 2.59 bits per heavy atom. The van der Waals surface area contributed by atoms with Crippen molar-refractivity contribution in [3.63, 3.8) is 0 Å². The summed E-state index contributed by atoms with van der Waals surface area (Å²) in [7, 11) is 0. The second kappa shape index (κ2) is 4.99. The van der Waals surface area contributed by atoms with Gasteiger partial charge in [-0.05, 0) is 56.4 Å². The maximum atomic E-state index is 13.7. The fourth-order valence-corrected chi connectivity index (χ4v) is 8.84. The molecule has 4 aliphatic carbocycles. The molecule has 7 fully saturated rings. The van der Waals surface area contributed by atoms with Gasteiger partial charge in [0.25, 0.3) is 0 Å². The first-order valence-corrected chi connectivity index (χ1v) is 11.0. The van der Waals surface area contributed by atoms with Gasteiger partial charge >= 0.3 is 0 Å². The summed E-state index contributed by atoms with van der Waals surface area (Å²) in [6.07, 6.45) is 1.30. The van der Waals surface area contributed by atoms with Crippen LogP contribution in [0.5, 0.6) is 0 Å². The third kappa shape index (κ3) is 1.79. The van der Waals surface area contributed by atoms with E-state index in [-0.39, 0.29) is 47.8 Å². The van der Waals surface area contributed by atoms with Gasteiger partial charge in [-0.25, -0.2) is 0 Å². The molecule has 7 rings (SSSR count). The average molecular weight is 405 g/mol. The largest absolute Gasteiger partial charge is 0.387 e. The summed E-state index contributed by atoms with van der Waals surface area (Å²) >= 11 is 0. The van der Waals surface area contributed by atoms with Crippen LogP contribution in [0.2, 0.25) is 0 Å². The van der Waals surface area contributed by atoms with E-state index in [0.717, 1.165) is 12.8 Å². The Morgan fingerprint density at radius 1 is 1.14 bits per heavy atom. The number of hydrogen-bond acceptors (Lipinski definition) is 6. The number of rotatable bonds is 0. The standard InChI is InChI=1S/C23H32O6/c1-11-12-8-13-15-21-10-27-23(26,22(15,9-12)17(11)24)18(25)16(21)19(2,3)7-6-14(21)29-20(4,5)28-13/h12-16,18,25-26H,1,6-10H2,2-5H3/t12-,13+,14+,15+,16-,18+,21+,22+,23-/m1/s1. The van der Waals surface area contributed by atoms with Crippen molar-refractivity contribution >= 4 is 5.78 Å². The molecule has 3 saturated heterocycles. The molecule has 7 aliphatic rings. The molecule has 0 aromatic rings. The summed E-state index contributed by atoms with van der Waals surface area (Å²) in [5.41, 5.74) is -1.44. The first-order valence-electron chi connectivity index (χ1n) is 11.0. The van der Waals surface area contributed by atoms with Gasteiger partial charge in [-0.3, -0.25) is 4.79 Å². The Hall–Kier alpha value is -0.790. The molecule has 9 atom stereocenters. The molecule has 160 valence electrons. The maximum Gasteiger partial charge on any atom is 0.205 e. The van der Waals surface area contributed by atoms with Crippen molar-refractivity contribution in [2.45, 2.75) is 83.3 Å². The summed E-state index contributed by atoms with van der Waals surface area (Å²) < 4.78 is 19.3. The first-order chi connectivity index (χ1) is 13.4. The number of carbonyl (C=O) groups is 1. The average Bonchev–Trinajstić information content (AvgIpc) is 2.75. The van der Waals surface area contributed by atoms with E-state index in [9.17, 15) is 15.0 Å². The van der Waals surface area contributed by atoms with E-state index in [2.05, 4.69) is 20.4 Å². The van der Waals surface area contributed by atoms with E-state index in [1.165, 1.54) is 0 Å². The molecule has 2 spiro atoms. The van der Waals surface area contributed by atoms with Crippen molar-refractivity contribution in [1.29, 1.82) is 0 Å². The van der Waals surface area contributed by atoms with Crippen molar-refractivity contribution in [3.05, 3.63) is 12.2 Å². The Balaban J connectivity index is 1.68. The minimum atomic E-state index is -1.91. The lowest BCUT2D eigenvalue weighted by molar-refractivity contribution is -0.450. The van der Waals surface area contributed by atoms with Gasteiger partial charge in [0.15, 0.2) is 11.6 Å². The highest BCUT2D eigenvalue weighted by atomic mass is 16.7. The molecule has 4 bridgehead atoms. The van der Waals surface area contributed by atoms with Gasteiger partial charge < -0.3 is 24.4 Å². The molecule has 6 nitrogen and oxygen atoms in total. The summed E-state index contributed by atoms with van der Waals surface area (Å²) in [4.78, 5) is 13.7. The van der Waals surface area contributed by atoms with E-state index in [1.807, 2.05) is 13.8 Å². The third-order valence-corrected chi connectivity index (χ3v) is 9.59. The van der Waals surface area contributed by atoms with E-state index in [1.54, 1.807) is 0 Å². The predicted octanol–water partition coefficient (Wildman–Crippen LogP) is 2.17. The highest BCUT2D eigenvalue weighted by Crippen LogP contribution is 2.77. The fourth-order valence-electron chi connectivity index (χ4n) is 8.84. The minimum Gasteiger partial charge on any atom is -0.387 e. The van der Waals surface area contributed by atoms with Gasteiger partial charge in [-0.2, -0.15) is 0 Å². The van der Waals surface area contributed by atoms with E-state index in [4.69, 9.17) is 14.2 Å². The molecule has 0 aromatic heterocycles. The quantitative estimate of drug-likeness (QED) is 0.602. The highest BCUT2D eigenvalue weighted by Gasteiger charge is 2.86. The Kier molecular flexibility index (Phi) is 3.26.